The first-order valence-corrected chi connectivity index (χ1v) is 6.64. The van der Waals surface area contributed by atoms with Crippen LogP contribution in [-0.2, 0) is 4.74 Å². The molecule has 0 aromatic rings. The molecule has 0 saturated carbocycles. The zero-order valence-electron chi connectivity index (χ0n) is 10.1. The molecular formula is C14H23NO. The molecule has 2 rings (SSSR count). The standard InChI is InChI=1S/C14H23NO/c1-2-6-13(7-3-1)9-10-15-12-14-8-4-5-11-16-14/h5-6,11,14-15H,1-4,7-10,12H2. The Labute approximate surface area is 98.8 Å². The van der Waals surface area contributed by atoms with Gasteiger partial charge in [0, 0.05) is 6.54 Å². The van der Waals surface area contributed by atoms with Crippen molar-refractivity contribution in [3.05, 3.63) is 24.0 Å². The fraction of sp³-hybridized carbons (Fsp3) is 0.714. The molecule has 2 aliphatic rings. The lowest BCUT2D eigenvalue weighted by molar-refractivity contribution is 0.122. The third-order valence-corrected chi connectivity index (χ3v) is 3.40. The van der Waals surface area contributed by atoms with E-state index in [9.17, 15) is 0 Å². The Bertz CT molecular complexity index is 257. The molecule has 0 amide bonds. The maximum atomic E-state index is 5.51. The van der Waals surface area contributed by atoms with Crippen molar-refractivity contribution in [2.45, 2.75) is 51.0 Å². The summed E-state index contributed by atoms with van der Waals surface area (Å²) in [7, 11) is 0. The highest BCUT2D eigenvalue weighted by atomic mass is 16.5. The van der Waals surface area contributed by atoms with Gasteiger partial charge < -0.3 is 10.1 Å². The van der Waals surface area contributed by atoms with Crippen molar-refractivity contribution in [2.75, 3.05) is 13.1 Å². The van der Waals surface area contributed by atoms with Crippen LogP contribution in [0.25, 0.3) is 0 Å². The molecule has 2 heteroatoms. The van der Waals surface area contributed by atoms with Crippen LogP contribution in [0.2, 0.25) is 0 Å². The van der Waals surface area contributed by atoms with Crippen LogP contribution in [-0.4, -0.2) is 19.2 Å². The van der Waals surface area contributed by atoms with Gasteiger partial charge in [0.1, 0.15) is 6.10 Å². The zero-order chi connectivity index (χ0) is 11.1. The summed E-state index contributed by atoms with van der Waals surface area (Å²) >= 11 is 0. The first-order chi connectivity index (χ1) is 7.95. The molecule has 1 unspecified atom stereocenters. The Balaban J connectivity index is 1.54. The number of allylic oxidation sites excluding steroid dienone is 2. The predicted molar refractivity (Wildman–Crippen MR) is 67.3 cm³/mol. The summed E-state index contributed by atoms with van der Waals surface area (Å²) < 4.78 is 5.51. The lowest BCUT2D eigenvalue weighted by Crippen LogP contribution is -2.29. The number of nitrogens with one attached hydrogen (secondary N) is 1. The van der Waals surface area contributed by atoms with Crippen LogP contribution in [0.3, 0.4) is 0 Å². The van der Waals surface area contributed by atoms with Gasteiger partial charge in [-0.3, -0.25) is 0 Å². The molecule has 0 spiro atoms. The molecule has 16 heavy (non-hydrogen) atoms. The number of hydrogen-bond donors (Lipinski definition) is 1. The third-order valence-electron chi connectivity index (χ3n) is 3.40. The van der Waals surface area contributed by atoms with E-state index in [1.807, 2.05) is 6.26 Å². The summed E-state index contributed by atoms with van der Waals surface area (Å²) in [6.07, 6.45) is 15.7. The average Bonchev–Trinajstić information content (AvgIpc) is 2.37. The fourth-order valence-corrected chi connectivity index (χ4v) is 2.38. The monoisotopic (exact) mass is 221 g/mol. The molecule has 0 bridgehead atoms. The molecule has 0 saturated heterocycles. The van der Waals surface area contributed by atoms with Crippen molar-refractivity contribution < 1.29 is 4.74 Å². The van der Waals surface area contributed by atoms with Gasteiger partial charge >= 0.3 is 0 Å². The van der Waals surface area contributed by atoms with E-state index < -0.39 is 0 Å². The Kier molecular flexibility index (Phi) is 4.94. The van der Waals surface area contributed by atoms with Crippen molar-refractivity contribution in [2.24, 2.45) is 0 Å². The fourth-order valence-electron chi connectivity index (χ4n) is 2.38. The Hall–Kier alpha value is -0.760. The Morgan fingerprint density at radius 1 is 1.31 bits per heavy atom. The van der Waals surface area contributed by atoms with Gasteiger partial charge in [-0.1, -0.05) is 11.6 Å². The lowest BCUT2D eigenvalue weighted by atomic mass is 9.97. The van der Waals surface area contributed by atoms with Crippen LogP contribution in [0.15, 0.2) is 24.0 Å². The molecule has 90 valence electrons. The zero-order valence-corrected chi connectivity index (χ0v) is 10.1. The number of rotatable bonds is 5. The first kappa shape index (κ1) is 11.7. The van der Waals surface area contributed by atoms with E-state index in [0.29, 0.717) is 6.10 Å². The van der Waals surface area contributed by atoms with Crippen LogP contribution < -0.4 is 5.32 Å². The van der Waals surface area contributed by atoms with Crippen molar-refractivity contribution in [1.29, 1.82) is 0 Å². The minimum absolute atomic E-state index is 0.394. The summed E-state index contributed by atoms with van der Waals surface area (Å²) in [5.41, 5.74) is 1.66. The average molecular weight is 221 g/mol. The Morgan fingerprint density at radius 3 is 3.06 bits per heavy atom. The smallest absolute Gasteiger partial charge is 0.110 e. The molecule has 1 N–H and O–H groups in total. The summed E-state index contributed by atoms with van der Waals surface area (Å²) in [4.78, 5) is 0. The van der Waals surface area contributed by atoms with Gasteiger partial charge in [-0.2, -0.15) is 0 Å². The van der Waals surface area contributed by atoms with E-state index in [1.54, 1.807) is 5.57 Å². The molecule has 1 aliphatic heterocycles. The third kappa shape index (κ3) is 4.01. The van der Waals surface area contributed by atoms with Crippen LogP contribution >= 0.6 is 0 Å². The van der Waals surface area contributed by atoms with Gasteiger partial charge in [-0.25, -0.2) is 0 Å². The molecule has 0 radical (unpaired) electrons. The largest absolute Gasteiger partial charge is 0.497 e. The van der Waals surface area contributed by atoms with Gasteiger partial charge in [0.2, 0.25) is 0 Å². The SMILES string of the molecule is C1=COC(CNCCC2=CCCCC2)CC1. The highest BCUT2D eigenvalue weighted by Gasteiger charge is 2.10. The topological polar surface area (TPSA) is 21.3 Å². The van der Waals surface area contributed by atoms with Crippen molar-refractivity contribution >= 4 is 0 Å². The Morgan fingerprint density at radius 2 is 2.31 bits per heavy atom. The van der Waals surface area contributed by atoms with Gasteiger partial charge in [-0.05, 0) is 57.6 Å². The second-order valence-electron chi connectivity index (χ2n) is 4.77. The van der Waals surface area contributed by atoms with E-state index in [1.165, 1.54) is 32.1 Å². The van der Waals surface area contributed by atoms with E-state index in [4.69, 9.17) is 4.74 Å². The molecule has 1 atom stereocenters. The summed E-state index contributed by atoms with van der Waals surface area (Å²) in [6, 6.07) is 0. The van der Waals surface area contributed by atoms with Crippen molar-refractivity contribution in [1.82, 2.24) is 5.32 Å². The summed E-state index contributed by atoms with van der Waals surface area (Å²) in [5, 5.41) is 3.50. The summed E-state index contributed by atoms with van der Waals surface area (Å²) in [5.74, 6) is 0. The quantitative estimate of drug-likeness (QED) is 0.569. The van der Waals surface area contributed by atoms with Crippen LogP contribution in [0.4, 0.5) is 0 Å². The van der Waals surface area contributed by atoms with Gasteiger partial charge in [0.15, 0.2) is 0 Å². The lowest BCUT2D eigenvalue weighted by Gasteiger charge is -2.20. The second-order valence-corrected chi connectivity index (χ2v) is 4.77. The van der Waals surface area contributed by atoms with E-state index in [-0.39, 0.29) is 0 Å². The minimum atomic E-state index is 0.394. The van der Waals surface area contributed by atoms with Gasteiger partial charge in [-0.15, -0.1) is 0 Å². The molecule has 2 nitrogen and oxygen atoms in total. The molecule has 0 aromatic heterocycles. The van der Waals surface area contributed by atoms with E-state index in [0.717, 1.165) is 25.9 Å². The van der Waals surface area contributed by atoms with Crippen molar-refractivity contribution in [3.8, 4) is 0 Å². The molecule has 0 aromatic carbocycles. The van der Waals surface area contributed by atoms with Gasteiger partial charge in [0.25, 0.3) is 0 Å². The number of ether oxygens (including phenoxy) is 1. The highest BCUT2D eigenvalue weighted by molar-refractivity contribution is 5.05. The predicted octanol–water partition coefficient (Wildman–Crippen LogP) is 3.16. The number of hydrogen-bond acceptors (Lipinski definition) is 2. The maximum absolute atomic E-state index is 5.51. The van der Waals surface area contributed by atoms with Crippen LogP contribution in [0.1, 0.15) is 44.9 Å². The maximum Gasteiger partial charge on any atom is 0.110 e. The minimum Gasteiger partial charge on any atom is -0.497 e. The van der Waals surface area contributed by atoms with Gasteiger partial charge in [0.05, 0.1) is 6.26 Å². The second kappa shape index (κ2) is 6.74. The molecule has 1 aliphatic carbocycles. The normalized spacial score (nSPS) is 25.0. The summed E-state index contributed by atoms with van der Waals surface area (Å²) in [6.45, 7) is 2.10. The first-order valence-electron chi connectivity index (χ1n) is 6.64. The highest BCUT2D eigenvalue weighted by Crippen LogP contribution is 2.19. The van der Waals surface area contributed by atoms with Crippen LogP contribution in [0, 0.1) is 0 Å². The molecule has 1 heterocycles. The van der Waals surface area contributed by atoms with E-state index in [2.05, 4.69) is 17.5 Å². The molecule has 0 fully saturated rings. The van der Waals surface area contributed by atoms with Crippen molar-refractivity contribution in [3.63, 3.8) is 0 Å². The van der Waals surface area contributed by atoms with E-state index >= 15 is 0 Å². The van der Waals surface area contributed by atoms with Crippen LogP contribution in [0.5, 0.6) is 0 Å². The molecular weight excluding hydrogens is 198 g/mol.